The Labute approximate surface area is 88.4 Å². The Morgan fingerprint density at radius 2 is 2.43 bits per heavy atom. The minimum Gasteiger partial charge on any atom is -0.292 e. The van der Waals surface area contributed by atoms with Gasteiger partial charge in [0.15, 0.2) is 5.78 Å². The number of nitrogens with zero attached hydrogens (tertiary/aromatic N) is 2. The van der Waals surface area contributed by atoms with Crippen molar-refractivity contribution in [3.63, 3.8) is 0 Å². The Kier molecular flexibility index (Phi) is 3.47. The third-order valence-corrected chi connectivity index (χ3v) is 2.11. The number of carbonyl (C=O) groups excluding carboxylic acids is 1. The van der Waals surface area contributed by atoms with Gasteiger partial charge in [0.1, 0.15) is 5.69 Å². The standard InChI is InChI=1S/C10H13ClN2O/c1-4-5-9(14)10-8(11)6-12-13(10)7(2)3/h4,6-7H,1,5H2,2-3H3. The number of Topliss-reactive ketones (excluding diaryl/α,β-unsaturated/α-hetero) is 1. The van der Waals surface area contributed by atoms with E-state index in [1.54, 1.807) is 10.8 Å². The van der Waals surface area contributed by atoms with E-state index in [2.05, 4.69) is 11.7 Å². The summed E-state index contributed by atoms with van der Waals surface area (Å²) < 4.78 is 1.63. The molecule has 76 valence electrons. The van der Waals surface area contributed by atoms with Gasteiger partial charge in [0.2, 0.25) is 0 Å². The van der Waals surface area contributed by atoms with Crippen LogP contribution in [0, 0.1) is 0 Å². The number of hydrogen-bond acceptors (Lipinski definition) is 2. The molecular weight excluding hydrogens is 200 g/mol. The summed E-state index contributed by atoms with van der Waals surface area (Å²) in [6, 6.07) is 0.131. The Bertz CT molecular complexity index is 355. The zero-order chi connectivity index (χ0) is 10.7. The average Bonchev–Trinajstić information content (AvgIpc) is 2.47. The first-order valence-corrected chi connectivity index (χ1v) is 4.82. The van der Waals surface area contributed by atoms with Crippen molar-refractivity contribution < 1.29 is 4.79 Å². The van der Waals surface area contributed by atoms with Crippen LogP contribution in [0.3, 0.4) is 0 Å². The van der Waals surface area contributed by atoms with Crippen LogP contribution in [-0.4, -0.2) is 15.6 Å². The van der Waals surface area contributed by atoms with Crippen molar-refractivity contribution in [2.75, 3.05) is 0 Å². The van der Waals surface area contributed by atoms with Crippen molar-refractivity contribution in [2.24, 2.45) is 0 Å². The van der Waals surface area contributed by atoms with Crippen LogP contribution in [0.1, 0.15) is 36.8 Å². The van der Waals surface area contributed by atoms with E-state index in [1.807, 2.05) is 13.8 Å². The SMILES string of the molecule is C=CCC(=O)c1c(Cl)cnn1C(C)C. The number of halogens is 1. The van der Waals surface area contributed by atoms with E-state index in [9.17, 15) is 4.79 Å². The van der Waals surface area contributed by atoms with Gasteiger partial charge in [-0.2, -0.15) is 5.10 Å². The molecule has 1 aromatic heterocycles. The van der Waals surface area contributed by atoms with Gasteiger partial charge in [-0.1, -0.05) is 17.7 Å². The molecule has 0 amide bonds. The van der Waals surface area contributed by atoms with Gasteiger partial charge < -0.3 is 0 Å². The summed E-state index contributed by atoms with van der Waals surface area (Å²) in [7, 11) is 0. The van der Waals surface area contributed by atoms with Crippen LogP contribution in [0.15, 0.2) is 18.9 Å². The van der Waals surface area contributed by atoms with Crippen LogP contribution in [0.5, 0.6) is 0 Å². The Morgan fingerprint density at radius 1 is 1.79 bits per heavy atom. The number of hydrogen-bond donors (Lipinski definition) is 0. The quantitative estimate of drug-likeness (QED) is 0.568. The molecule has 0 aliphatic rings. The van der Waals surface area contributed by atoms with Crippen LogP contribution in [0.2, 0.25) is 5.02 Å². The highest BCUT2D eigenvalue weighted by Crippen LogP contribution is 2.20. The molecule has 3 nitrogen and oxygen atoms in total. The molecule has 0 unspecified atom stereocenters. The topological polar surface area (TPSA) is 34.9 Å². The molecule has 0 aliphatic carbocycles. The maximum atomic E-state index is 11.6. The Hall–Kier alpha value is -1.09. The molecular formula is C10H13ClN2O. The summed E-state index contributed by atoms with van der Waals surface area (Å²) in [6.07, 6.45) is 3.35. The van der Waals surface area contributed by atoms with Gasteiger partial charge in [0.05, 0.1) is 11.2 Å². The summed E-state index contributed by atoms with van der Waals surface area (Å²) in [5.41, 5.74) is 0.474. The van der Waals surface area contributed by atoms with Gasteiger partial charge in [0, 0.05) is 12.5 Å². The van der Waals surface area contributed by atoms with E-state index in [-0.39, 0.29) is 18.2 Å². The van der Waals surface area contributed by atoms with E-state index in [0.717, 1.165) is 0 Å². The Balaban J connectivity index is 3.10. The molecule has 0 radical (unpaired) electrons. The highest BCUT2D eigenvalue weighted by molar-refractivity contribution is 6.33. The first-order valence-electron chi connectivity index (χ1n) is 4.45. The molecule has 1 heterocycles. The fourth-order valence-electron chi connectivity index (χ4n) is 1.22. The minimum absolute atomic E-state index is 0.0452. The van der Waals surface area contributed by atoms with Crippen LogP contribution >= 0.6 is 11.6 Å². The molecule has 0 bridgehead atoms. The first-order chi connectivity index (χ1) is 6.57. The van der Waals surface area contributed by atoms with Crippen molar-refractivity contribution in [3.05, 3.63) is 29.6 Å². The predicted molar refractivity (Wildman–Crippen MR) is 56.8 cm³/mol. The minimum atomic E-state index is -0.0452. The highest BCUT2D eigenvalue weighted by Gasteiger charge is 2.17. The van der Waals surface area contributed by atoms with Crippen molar-refractivity contribution in [1.82, 2.24) is 9.78 Å². The number of ketones is 1. The number of aromatic nitrogens is 2. The van der Waals surface area contributed by atoms with E-state index < -0.39 is 0 Å². The molecule has 0 N–H and O–H groups in total. The van der Waals surface area contributed by atoms with E-state index in [1.165, 1.54) is 6.20 Å². The van der Waals surface area contributed by atoms with Crippen LogP contribution in [0.4, 0.5) is 0 Å². The number of allylic oxidation sites excluding steroid dienone is 1. The summed E-state index contributed by atoms with van der Waals surface area (Å²) >= 11 is 5.88. The van der Waals surface area contributed by atoms with Crippen molar-refractivity contribution in [1.29, 1.82) is 0 Å². The molecule has 0 saturated carbocycles. The van der Waals surface area contributed by atoms with Gasteiger partial charge >= 0.3 is 0 Å². The largest absolute Gasteiger partial charge is 0.292 e. The van der Waals surface area contributed by atoms with Gasteiger partial charge in [-0.25, -0.2) is 0 Å². The lowest BCUT2D eigenvalue weighted by atomic mass is 10.2. The third-order valence-electron chi connectivity index (χ3n) is 1.83. The molecule has 0 fully saturated rings. The molecule has 0 spiro atoms. The average molecular weight is 213 g/mol. The first kappa shape index (κ1) is 11.0. The smallest absolute Gasteiger partial charge is 0.186 e. The Morgan fingerprint density at radius 3 is 2.93 bits per heavy atom. The zero-order valence-electron chi connectivity index (χ0n) is 8.33. The summed E-state index contributed by atoms with van der Waals surface area (Å²) in [5.74, 6) is -0.0452. The lowest BCUT2D eigenvalue weighted by Gasteiger charge is -2.09. The molecule has 4 heteroatoms. The zero-order valence-corrected chi connectivity index (χ0v) is 9.08. The van der Waals surface area contributed by atoms with Crippen LogP contribution < -0.4 is 0 Å². The summed E-state index contributed by atoms with van der Waals surface area (Å²) in [5, 5.41) is 4.46. The normalized spacial score (nSPS) is 10.6. The number of rotatable bonds is 4. The van der Waals surface area contributed by atoms with E-state index in [0.29, 0.717) is 10.7 Å². The summed E-state index contributed by atoms with van der Waals surface area (Å²) in [4.78, 5) is 11.6. The van der Waals surface area contributed by atoms with Gasteiger partial charge in [-0.05, 0) is 13.8 Å². The third kappa shape index (κ3) is 2.04. The van der Waals surface area contributed by atoms with E-state index in [4.69, 9.17) is 11.6 Å². The fourth-order valence-corrected chi connectivity index (χ4v) is 1.46. The van der Waals surface area contributed by atoms with Crippen LogP contribution in [-0.2, 0) is 0 Å². The lowest BCUT2D eigenvalue weighted by Crippen LogP contribution is -2.12. The van der Waals surface area contributed by atoms with Crippen LogP contribution in [0.25, 0.3) is 0 Å². The maximum absolute atomic E-state index is 11.6. The maximum Gasteiger partial charge on any atom is 0.186 e. The molecule has 1 aromatic rings. The molecule has 0 aliphatic heterocycles. The second-order valence-corrected chi connectivity index (χ2v) is 3.70. The second kappa shape index (κ2) is 4.42. The monoisotopic (exact) mass is 212 g/mol. The van der Waals surface area contributed by atoms with Crippen molar-refractivity contribution in [3.8, 4) is 0 Å². The highest BCUT2D eigenvalue weighted by atomic mass is 35.5. The number of carbonyl (C=O) groups is 1. The van der Waals surface area contributed by atoms with Crippen molar-refractivity contribution >= 4 is 17.4 Å². The molecule has 0 saturated heterocycles. The molecule has 0 aromatic carbocycles. The molecule has 1 rings (SSSR count). The summed E-state index contributed by atoms with van der Waals surface area (Å²) in [6.45, 7) is 7.43. The van der Waals surface area contributed by atoms with E-state index >= 15 is 0 Å². The van der Waals surface area contributed by atoms with Gasteiger partial charge in [-0.15, -0.1) is 6.58 Å². The van der Waals surface area contributed by atoms with Gasteiger partial charge in [0.25, 0.3) is 0 Å². The van der Waals surface area contributed by atoms with Crippen molar-refractivity contribution in [2.45, 2.75) is 26.3 Å². The van der Waals surface area contributed by atoms with Gasteiger partial charge in [-0.3, -0.25) is 9.48 Å². The molecule has 0 atom stereocenters. The molecule has 14 heavy (non-hydrogen) atoms. The fraction of sp³-hybridized carbons (Fsp3) is 0.400. The predicted octanol–water partition coefficient (Wildman–Crippen LogP) is 2.88. The lowest BCUT2D eigenvalue weighted by molar-refractivity contribution is 0.0984. The second-order valence-electron chi connectivity index (χ2n) is 3.30.